The van der Waals surface area contributed by atoms with Crippen molar-refractivity contribution >= 4 is 0 Å². The summed E-state index contributed by atoms with van der Waals surface area (Å²) in [6.45, 7) is 7.73. The fourth-order valence-corrected chi connectivity index (χ4v) is 1.61. The van der Waals surface area contributed by atoms with Crippen LogP contribution in [0.3, 0.4) is 0 Å². The molecule has 0 aliphatic heterocycles. The quantitative estimate of drug-likeness (QED) is 0.705. The highest BCUT2D eigenvalue weighted by Gasteiger charge is 2.31. The van der Waals surface area contributed by atoms with E-state index in [1.54, 1.807) is 6.07 Å². The molecule has 0 atom stereocenters. The molecule has 16 heavy (non-hydrogen) atoms. The van der Waals surface area contributed by atoms with Crippen molar-refractivity contribution in [2.45, 2.75) is 39.5 Å². The van der Waals surface area contributed by atoms with Crippen LogP contribution in [0.2, 0.25) is 0 Å². The minimum absolute atomic E-state index is 0.164. The van der Waals surface area contributed by atoms with E-state index in [0.717, 1.165) is 11.1 Å². The van der Waals surface area contributed by atoms with E-state index >= 15 is 0 Å². The maximum Gasteiger partial charge on any atom is 0.573 e. The van der Waals surface area contributed by atoms with Crippen LogP contribution in [-0.2, 0) is 5.41 Å². The molecule has 0 unspecified atom stereocenters. The average molecular weight is 232 g/mol. The van der Waals surface area contributed by atoms with E-state index in [2.05, 4.69) is 4.74 Å². The third-order valence-electron chi connectivity index (χ3n) is 2.25. The van der Waals surface area contributed by atoms with Crippen LogP contribution in [0.15, 0.2) is 18.2 Å². The van der Waals surface area contributed by atoms with Gasteiger partial charge in [-0.3, -0.25) is 0 Å². The first-order chi connectivity index (χ1) is 7.09. The Labute approximate surface area is 93.2 Å². The third kappa shape index (κ3) is 3.43. The summed E-state index contributed by atoms with van der Waals surface area (Å²) in [6.07, 6.45) is -4.63. The Morgan fingerprint density at radius 3 is 2.06 bits per heavy atom. The van der Waals surface area contributed by atoms with Gasteiger partial charge in [0.05, 0.1) is 0 Å². The van der Waals surface area contributed by atoms with Crippen LogP contribution in [-0.4, -0.2) is 6.36 Å². The minimum atomic E-state index is -4.63. The van der Waals surface area contributed by atoms with Gasteiger partial charge in [-0.05, 0) is 35.6 Å². The smallest absolute Gasteiger partial charge is 0.406 e. The summed E-state index contributed by atoms with van der Waals surface area (Å²) >= 11 is 0. The van der Waals surface area contributed by atoms with E-state index in [1.807, 2.05) is 27.7 Å². The standard InChI is InChI=1S/C12H15F3O/c1-8-5-6-9(16-12(13,14)15)7-10(8)11(2,3)4/h5-7H,1-4H3. The summed E-state index contributed by atoms with van der Waals surface area (Å²) < 4.78 is 40.0. The number of hydrogen-bond acceptors (Lipinski definition) is 1. The summed E-state index contributed by atoms with van der Waals surface area (Å²) in [5.74, 6) is -0.164. The summed E-state index contributed by atoms with van der Waals surface area (Å²) in [6, 6.07) is 4.42. The molecular weight excluding hydrogens is 217 g/mol. The van der Waals surface area contributed by atoms with Crippen molar-refractivity contribution in [3.63, 3.8) is 0 Å². The molecule has 0 fully saturated rings. The molecule has 0 aliphatic carbocycles. The first kappa shape index (κ1) is 12.9. The Bertz CT molecular complexity index is 375. The number of hydrogen-bond donors (Lipinski definition) is 0. The molecule has 1 aromatic carbocycles. The zero-order valence-corrected chi connectivity index (χ0v) is 9.77. The third-order valence-corrected chi connectivity index (χ3v) is 2.25. The lowest BCUT2D eigenvalue weighted by Gasteiger charge is -2.22. The Kier molecular flexibility index (Phi) is 3.22. The number of rotatable bonds is 1. The molecule has 0 radical (unpaired) electrons. The molecule has 0 amide bonds. The molecule has 0 heterocycles. The predicted molar refractivity (Wildman–Crippen MR) is 56.6 cm³/mol. The van der Waals surface area contributed by atoms with Gasteiger partial charge in [-0.15, -0.1) is 13.2 Å². The molecule has 0 aliphatic rings. The lowest BCUT2D eigenvalue weighted by molar-refractivity contribution is -0.274. The fraction of sp³-hybridized carbons (Fsp3) is 0.500. The van der Waals surface area contributed by atoms with Gasteiger partial charge in [0.25, 0.3) is 0 Å². The lowest BCUT2D eigenvalue weighted by Crippen LogP contribution is -2.18. The first-order valence-electron chi connectivity index (χ1n) is 4.96. The van der Waals surface area contributed by atoms with Crippen LogP contribution in [0, 0.1) is 6.92 Å². The topological polar surface area (TPSA) is 9.23 Å². The molecule has 0 bridgehead atoms. The van der Waals surface area contributed by atoms with Crippen molar-refractivity contribution in [3.05, 3.63) is 29.3 Å². The van der Waals surface area contributed by atoms with Crippen LogP contribution >= 0.6 is 0 Å². The fourth-order valence-electron chi connectivity index (χ4n) is 1.61. The Balaban J connectivity index is 3.09. The van der Waals surface area contributed by atoms with Crippen molar-refractivity contribution < 1.29 is 17.9 Å². The van der Waals surface area contributed by atoms with E-state index in [9.17, 15) is 13.2 Å². The SMILES string of the molecule is Cc1ccc(OC(F)(F)F)cc1C(C)(C)C. The average Bonchev–Trinajstić information content (AvgIpc) is 2.04. The number of ether oxygens (including phenoxy) is 1. The summed E-state index contributed by atoms with van der Waals surface area (Å²) in [5, 5.41) is 0. The Hall–Kier alpha value is -1.19. The highest BCUT2D eigenvalue weighted by Crippen LogP contribution is 2.31. The van der Waals surface area contributed by atoms with E-state index in [1.165, 1.54) is 12.1 Å². The summed E-state index contributed by atoms with van der Waals surface area (Å²) in [4.78, 5) is 0. The van der Waals surface area contributed by atoms with E-state index in [4.69, 9.17) is 0 Å². The van der Waals surface area contributed by atoms with Gasteiger partial charge in [0.15, 0.2) is 0 Å². The van der Waals surface area contributed by atoms with Crippen LogP contribution in [0.25, 0.3) is 0 Å². The molecule has 1 rings (SSSR count). The second-order valence-electron chi connectivity index (χ2n) is 4.77. The molecule has 0 aromatic heterocycles. The molecular formula is C12H15F3O. The van der Waals surface area contributed by atoms with Gasteiger partial charge < -0.3 is 4.74 Å². The molecule has 0 spiro atoms. The van der Waals surface area contributed by atoms with E-state index < -0.39 is 6.36 Å². The number of aryl methyl sites for hydroxylation is 1. The van der Waals surface area contributed by atoms with Gasteiger partial charge in [0, 0.05) is 0 Å². The normalized spacial score (nSPS) is 12.7. The molecule has 0 saturated heterocycles. The van der Waals surface area contributed by atoms with Gasteiger partial charge in [-0.1, -0.05) is 26.8 Å². The molecule has 0 saturated carbocycles. The summed E-state index contributed by atoms with van der Waals surface area (Å²) in [5.41, 5.74) is 1.62. The molecule has 1 aromatic rings. The maximum atomic E-state index is 12.0. The number of halogens is 3. The lowest BCUT2D eigenvalue weighted by atomic mass is 9.84. The minimum Gasteiger partial charge on any atom is -0.406 e. The summed E-state index contributed by atoms with van der Waals surface area (Å²) in [7, 11) is 0. The van der Waals surface area contributed by atoms with Crippen LogP contribution in [0.5, 0.6) is 5.75 Å². The zero-order chi connectivity index (χ0) is 12.6. The predicted octanol–water partition coefficient (Wildman–Crippen LogP) is 4.19. The maximum absolute atomic E-state index is 12.0. The van der Waals surface area contributed by atoms with Crippen molar-refractivity contribution in [1.29, 1.82) is 0 Å². The molecule has 0 N–H and O–H groups in total. The molecule has 1 nitrogen and oxygen atoms in total. The van der Waals surface area contributed by atoms with Crippen LogP contribution in [0.1, 0.15) is 31.9 Å². The van der Waals surface area contributed by atoms with E-state index in [0.29, 0.717) is 0 Å². The van der Waals surface area contributed by atoms with E-state index in [-0.39, 0.29) is 11.2 Å². The Morgan fingerprint density at radius 1 is 1.06 bits per heavy atom. The van der Waals surface area contributed by atoms with Crippen LogP contribution in [0.4, 0.5) is 13.2 Å². The monoisotopic (exact) mass is 232 g/mol. The largest absolute Gasteiger partial charge is 0.573 e. The Morgan fingerprint density at radius 2 is 1.62 bits per heavy atom. The zero-order valence-electron chi connectivity index (χ0n) is 9.77. The van der Waals surface area contributed by atoms with Gasteiger partial charge in [-0.2, -0.15) is 0 Å². The van der Waals surface area contributed by atoms with Gasteiger partial charge in [0.2, 0.25) is 0 Å². The number of alkyl halides is 3. The van der Waals surface area contributed by atoms with Crippen molar-refractivity contribution in [2.75, 3.05) is 0 Å². The van der Waals surface area contributed by atoms with Gasteiger partial charge in [-0.25, -0.2) is 0 Å². The van der Waals surface area contributed by atoms with Gasteiger partial charge >= 0.3 is 6.36 Å². The first-order valence-corrected chi connectivity index (χ1v) is 4.96. The van der Waals surface area contributed by atoms with Crippen LogP contribution < -0.4 is 4.74 Å². The van der Waals surface area contributed by atoms with Crippen molar-refractivity contribution in [2.24, 2.45) is 0 Å². The highest BCUT2D eigenvalue weighted by molar-refractivity contribution is 5.38. The number of benzene rings is 1. The van der Waals surface area contributed by atoms with Crippen molar-refractivity contribution in [1.82, 2.24) is 0 Å². The second kappa shape index (κ2) is 4.00. The second-order valence-corrected chi connectivity index (χ2v) is 4.77. The van der Waals surface area contributed by atoms with Crippen molar-refractivity contribution in [3.8, 4) is 5.75 Å². The van der Waals surface area contributed by atoms with Gasteiger partial charge in [0.1, 0.15) is 5.75 Å². The molecule has 90 valence electrons. The highest BCUT2D eigenvalue weighted by atomic mass is 19.4. The molecule has 4 heteroatoms.